The Kier molecular flexibility index (Phi) is 4.41. The Morgan fingerprint density at radius 1 is 1.03 bits per heavy atom. The van der Waals surface area contributed by atoms with Gasteiger partial charge < -0.3 is 9.64 Å². The van der Waals surface area contributed by atoms with Crippen LogP contribution in [0.1, 0.15) is 51.0 Å². The van der Waals surface area contributed by atoms with E-state index in [1.807, 2.05) is 6.92 Å². The lowest BCUT2D eigenvalue weighted by atomic mass is 9.54. The Morgan fingerprint density at radius 3 is 2.17 bits per heavy atom. The molecular formula is C23H28F3NO2. The molecule has 1 atom stereocenters. The Labute approximate surface area is 169 Å². The molecule has 0 radical (unpaired) electrons. The molecule has 6 rings (SSSR count). The van der Waals surface area contributed by atoms with Gasteiger partial charge in [0.2, 0.25) is 5.91 Å². The summed E-state index contributed by atoms with van der Waals surface area (Å²) in [4.78, 5) is 15.7. The fourth-order valence-electron chi connectivity index (χ4n) is 7.04. The van der Waals surface area contributed by atoms with E-state index in [-0.39, 0.29) is 11.7 Å². The zero-order valence-electron chi connectivity index (χ0n) is 16.8. The monoisotopic (exact) mass is 407 g/mol. The van der Waals surface area contributed by atoms with Crippen molar-refractivity contribution in [3.8, 4) is 5.75 Å². The molecule has 5 aliphatic rings. The standard InChI is InChI=1S/C23H28F3NO2/c1-22(13-14-2-4-19(5-3-14)29-23(24,25)26)6-7-27(21(22)28)20-17-9-15-8-16(11-17)12-18(20)10-15/h2-5,15-18,20H,6-13H2,1H3. The van der Waals surface area contributed by atoms with E-state index in [4.69, 9.17) is 0 Å². The first kappa shape index (κ1) is 19.3. The van der Waals surface area contributed by atoms with Crippen molar-refractivity contribution in [3.05, 3.63) is 29.8 Å². The molecule has 3 nitrogen and oxygen atoms in total. The predicted molar refractivity (Wildman–Crippen MR) is 102 cm³/mol. The molecule has 1 aromatic carbocycles. The zero-order chi connectivity index (χ0) is 20.4. The van der Waals surface area contributed by atoms with Crippen LogP contribution in [0, 0.1) is 29.1 Å². The summed E-state index contributed by atoms with van der Waals surface area (Å²) in [5, 5.41) is 0. The summed E-state index contributed by atoms with van der Waals surface area (Å²) >= 11 is 0. The maximum absolute atomic E-state index is 13.5. The van der Waals surface area contributed by atoms with Crippen LogP contribution < -0.4 is 4.74 Å². The van der Waals surface area contributed by atoms with E-state index >= 15 is 0 Å². The lowest BCUT2D eigenvalue weighted by Gasteiger charge is -2.56. The van der Waals surface area contributed by atoms with Gasteiger partial charge in [0.15, 0.2) is 0 Å². The normalized spacial score (nSPS) is 38.7. The van der Waals surface area contributed by atoms with Crippen LogP contribution >= 0.6 is 0 Å². The molecule has 0 N–H and O–H groups in total. The third kappa shape index (κ3) is 3.53. The van der Waals surface area contributed by atoms with Crippen LogP contribution in [0.15, 0.2) is 24.3 Å². The molecule has 0 aromatic heterocycles. The molecule has 29 heavy (non-hydrogen) atoms. The molecule has 1 heterocycles. The molecule has 1 unspecified atom stereocenters. The summed E-state index contributed by atoms with van der Waals surface area (Å²) in [5.74, 6) is 3.14. The molecule has 158 valence electrons. The number of amides is 1. The molecule has 1 aliphatic heterocycles. The van der Waals surface area contributed by atoms with Gasteiger partial charge in [-0.1, -0.05) is 19.1 Å². The van der Waals surface area contributed by atoms with Gasteiger partial charge in [-0.15, -0.1) is 13.2 Å². The Balaban J connectivity index is 1.28. The number of ether oxygens (including phenoxy) is 1. The van der Waals surface area contributed by atoms with E-state index in [2.05, 4.69) is 9.64 Å². The molecule has 6 heteroatoms. The van der Waals surface area contributed by atoms with Crippen LogP contribution in [0.5, 0.6) is 5.75 Å². The first-order valence-electron chi connectivity index (χ1n) is 10.9. The van der Waals surface area contributed by atoms with Crippen LogP contribution in [0.4, 0.5) is 13.2 Å². The number of halogens is 3. The average molecular weight is 407 g/mol. The summed E-state index contributed by atoms with van der Waals surface area (Å²) in [6, 6.07) is 6.37. The van der Waals surface area contributed by atoms with Crippen molar-refractivity contribution in [2.24, 2.45) is 29.1 Å². The summed E-state index contributed by atoms with van der Waals surface area (Å²) in [6.45, 7) is 2.84. The summed E-state index contributed by atoms with van der Waals surface area (Å²) in [7, 11) is 0. The first-order chi connectivity index (χ1) is 13.7. The highest BCUT2D eigenvalue weighted by Gasteiger charge is 2.54. The SMILES string of the molecule is CC1(Cc2ccc(OC(F)(F)F)cc2)CCN(C2C3CC4CC(C3)CC2C4)C1=O. The van der Waals surface area contributed by atoms with E-state index in [1.165, 1.54) is 44.2 Å². The van der Waals surface area contributed by atoms with Crippen LogP contribution in [-0.4, -0.2) is 29.8 Å². The molecule has 1 saturated heterocycles. The summed E-state index contributed by atoms with van der Waals surface area (Å²) < 4.78 is 41.0. The van der Waals surface area contributed by atoms with E-state index in [1.54, 1.807) is 12.1 Å². The average Bonchev–Trinajstić information content (AvgIpc) is 2.90. The van der Waals surface area contributed by atoms with Crippen molar-refractivity contribution in [2.45, 2.75) is 64.3 Å². The number of hydrogen-bond donors (Lipinski definition) is 0. The van der Waals surface area contributed by atoms with Crippen molar-refractivity contribution in [1.29, 1.82) is 0 Å². The minimum Gasteiger partial charge on any atom is -0.406 e. The molecule has 4 saturated carbocycles. The maximum atomic E-state index is 13.5. The van der Waals surface area contributed by atoms with E-state index in [0.29, 0.717) is 24.3 Å². The Hall–Kier alpha value is -1.72. The fourth-order valence-corrected chi connectivity index (χ4v) is 7.04. The van der Waals surface area contributed by atoms with Crippen molar-refractivity contribution in [2.75, 3.05) is 6.54 Å². The van der Waals surface area contributed by atoms with Gasteiger partial charge in [-0.05, 0) is 86.3 Å². The molecule has 1 amide bonds. The highest BCUT2D eigenvalue weighted by Crippen LogP contribution is 2.56. The van der Waals surface area contributed by atoms with Crippen molar-refractivity contribution < 1.29 is 22.7 Å². The van der Waals surface area contributed by atoms with Crippen LogP contribution in [0.25, 0.3) is 0 Å². The minimum absolute atomic E-state index is 0.223. The van der Waals surface area contributed by atoms with Gasteiger partial charge in [0.05, 0.1) is 5.41 Å². The van der Waals surface area contributed by atoms with E-state index < -0.39 is 11.8 Å². The van der Waals surface area contributed by atoms with Crippen molar-refractivity contribution in [1.82, 2.24) is 4.90 Å². The van der Waals surface area contributed by atoms with Gasteiger partial charge in [-0.2, -0.15) is 0 Å². The third-order valence-electron chi connectivity index (χ3n) is 7.97. The Bertz CT molecular complexity index is 762. The third-order valence-corrected chi connectivity index (χ3v) is 7.97. The number of benzene rings is 1. The van der Waals surface area contributed by atoms with Crippen LogP contribution in [0.2, 0.25) is 0 Å². The van der Waals surface area contributed by atoms with Gasteiger partial charge >= 0.3 is 6.36 Å². The largest absolute Gasteiger partial charge is 0.573 e. The molecule has 5 fully saturated rings. The van der Waals surface area contributed by atoms with Gasteiger partial charge in [-0.25, -0.2) is 0 Å². The number of carbonyl (C=O) groups is 1. The van der Waals surface area contributed by atoms with Crippen LogP contribution in [-0.2, 0) is 11.2 Å². The maximum Gasteiger partial charge on any atom is 0.573 e. The quantitative estimate of drug-likeness (QED) is 0.687. The smallest absolute Gasteiger partial charge is 0.406 e. The van der Waals surface area contributed by atoms with Gasteiger partial charge in [-0.3, -0.25) is 4.79 Å². The molecule has 4 aliphatic carbocycles. The van der Waals surface area contributed by atoms with E-state index in [0.717, 1.165) is 30.4 Å². The highest BCUT2D eigenvalue weighted by atomic mass is 19.4. The van der Waals surface area contributed by atoms with Gasteiger partial charge in [0.25, 0.3) is 0 Å². The Morgan fingerprint density at radius 2 is 1.62 bits per heavy atom. The number of likely N-dealkylation sites (tertiary alicyclic amines) is 1. The molecule has 1 aromatic rings. The number of alkyl halides is 3. The number of carbonyl (C=O) groups excluding carboxylic acids is 1. The molecular weight excluding hydrogens is 379 g/mol. The molecule has 0 spiro atoms. The van der Waals surface area contributed by atoms with Gasteiger partial charge in [0.1, 0.15) is 5.75 Å². The number of hydrogen-bond acceptors (Lipinski definition) is 2. The minimum atomic E-state index is -4.69. The fraction of sp³-hybridized carbons (Fsp3) is 0.696. The topological polar surface area (TPSA) is 29.5 Å². The summed E-state index contributed by atoms with van der Waals surface area (Å²) in [5.41, 5.74) is 0.406. The predicted octanol–water partition coefficient (Wildman–Crippen LogP) is 5.19. The summed E-state index contributed by atoms with van der Waals surface area (Å²) in [6.07, 6.45) is 3.25. The van der Waals surface area contributed by atoms with Gasteiger partial charge in [0, 0.05) is 12.6 Å². The van der Waals surface area contributed by atoms with Crippen LogP contribution in [0.3, 0.4) is 0 Å². The lowest BCUT2D eigenvalue weighted by Crippen LogP contribution is -2.57. The zero-order valence-corrected chi connectivity index (χ0v) is 16.8. The second kappa shape index (κ2) is 6.64. The second-order valence-electron chi connectivity index (χ2n) is 10.1. The van der Waals surface area contributed by atoms with Crippen molar-refractivity contribution in [3.63, 3.8) is 0 Å². The van der Waals surface area contributed by atoms with Crippen molar-refractivity contribution >= 4 is 5.91 Å². The number of rotatable bonds is 4. The first-order valence-corrected chi connectivity index (χ1v) is 10.9. The number of nitrogens with zero attached hydrogens (tertiary/aromatic N) is 1. The van der Waals surface area contributed by atoms with E-state index in [9.17, 15) is 18.0 Å². The molecule has 4 bridgehead atoms. The lowest BCUT2D eigenvalue weighted by molar-refractivity contribution is -0.274. The second-order valence-corrected chi connectivity index (χ2v) is 10.1. The highest BCUT2D eigenvalue weighted by molar-refractivity contribution is 5.85.